The average molecular weight is 464 g/mol. The zero-order valence-electron chi connectivity index (χ0n) is 20.0. The second-order valence-corrected chi connectivity index (χ2v) is 10.1. The van der Waals surface area contributed by atoms with Crippen molar-refractivity contribution in [1.82, 2.24) is 20.5 Å². The fourth-order valence-corrected chi connectivity index (χ4v) is 5.99. The molecule has 3 atom stereocenters. The smallest absolute Gasteiger partial charge is 0.231 e. The minimum Gasteiger partial charge on any atom is -0.356 e. The van der Waals surface area contributed by atoms with Crippen LogP contribution >= 0.6 is 0 Å². The fourth-order valence-electron chi connectivity index (χ4n) is 5.99. The lowest BCUT2D eigenvalue weighted by Gasteiger charge is -2.50. The van der Waals surface area contributed by atoms with Gasteiger partial charge in [0, 0.05) is 32.0 Å². The summed E-state index contributed by atoms with van der Waals surface area (Å²) in [7, 11) is 0. The summed E-state index contributed by atoms with van der Waals surface area (Å²) in [6, 6.07) is 10.3. The molecule has 0 aromatic heterocycles. The van der Waals surface area contributed by atoms with Crippen LogP contribution in [0, 0.1) is 5.92 Å². The zero-order valence-corrected chi connectivity index (χ0v) is 20.0. The summed E-state index contributed by atoms with van der Waals surface area (Å²) in [6.45, 7) is 1.28. The van der Waals surface area contributed by atoms with E-state index in [4.69, 9.17) is 0 Å². The van der Waals surface area contributed by atoms with Crippen molar-refractivity contribution in [2.45, 2.75) is 89.5 Å². The summed E-state index contributed by atoms with van der Waals surface area (Å²) in [4.78, 5) is 30.3. The fraction of sp³-hybridized carbons (Fsp3) is 0.593. The van der Waals surface area contributed by atoms with Crippen LogP contribution in [0.15, 0.2) is 47.1 Å². The van der Waals surface area contributed by atoms with E-state index >= 15 is 0 Å². The van der Waals surface area contributed by atoms with Crippen LogP contribution in [0.1, 0.15) is 76.2 Å². The SMILES string of the molecule is O=C(CCC1=NNC2N(Cc3ccccc3)C(=O)C3CCCCC3N12)NCCC1=CCCCC1. The van der Waals surface area contributed by atoms with Crippen molar-refractivity contribution in [3.8, 4) is 0 Å². The first kappa shape index (κ1) is 22.9. The molecule has 0 spiro atoms. The zero-order chi connectivity index (χ0) is 23.3. The van der Waals surface area contributed by atoms with Crippen LogP contribution in [0.5, 0.6) is 0 Å². The van der Waals surface area contributed by atoms with E-state index in [0.717, 1.165) is 43.5 Å². The first-order valence-electron chi connectivity index (χ1n) is 13.1. The van der Waals surface area contributed by atoms with Gasteiger partial charge in [-0.15, -0.1) is 0 Å². The predicted octanol–water partition coefficient (Wildman–Crippen LogP) is 3.88. The second-order valence-electron chi connectivity index (χ2n) is 10.1. The van der Waals surface area contributed by atoms with Gasteiger partial charge in [-0.25, -0.2) is 0 Å². The van der Waals surface area contributed by atoms with Gasteiger partial charge >= 0.3 is 0 Å². The Morgan fingerprint density at radius 2 is 1.94 bits per heavy atom. The number of amidine groups is 1. The van der Waals surface area contributed by atoms with Gasteiger partial charge in [0.25, 0.3) is 0 Å². The molecule has 1 saturated carbocycles. The molecule has 1 aromatic rings. The van der Waals surface area contributed by atoms with Crippen molar-refractivity contribution < 1.29 is 9.59 Å². The molecule has 7 nitrogen and oxygen atoms in total. The molecule has 4 aliphatic rings. The summed E-state index contributed by atoms with van der Waals surface area (Å²) < 4.78 is 0. The first-order chi connectivity index (χ1) is 16.7. The highest BCUT2D eigenvalue weighted by Crippen LogP contribution is 2.38. The number of hydrogen-bond donors (Lipinski definition) is 2. The minimum atomic E-state index is -0.261. The Bertz CT molecular complexity index is 944. The van der Waals surface area contributed by atoms with Gasteiger partial charge < -0.3 is 10.2 Å². The Morgan fingerprint density at radius 1 is 1.09 bits per heavy atom. The number of allylic oxidation sites excluding steroid dienone is 1. The van der Waals surface area contributed by atoms with E-state index in [-0.39, 0.29) is 30.1 Å². The number of rotatable bonds is 8. The summed E-state index contributed by atoms with van der Waals surface area (Å²) in [6.07, 6.45) is 13.2. The highest BCUT2D eigenvalue weighted by atomic mass is 16.2. The number of hydrazone groups is 1. The van der Waals surface area contributed by atoms with Crippen LogP contribution in [-0.4, -0.2) is 46.3 Å². The average Bonchev–Trinajstić information content (AvgIpc) is 3.31. The molecule has 0 radical (unpaired) electrons. The van der Waals surface area contributed by atoms with E-state index in [1.165, 1.54) is 31.3 Å². The number of nitrogens with zero attached hydrogens (tertiary/aromatic N) is 3. The monoisotopic (exact) mass is 463 g/mol. The topological polar surface area (TPSA) is 77.0 Å². The number of fused-ring (bicyclic) bond motifs is 3. The molecule has 2 aliphatic carbocycles. The largest absolute Gasteiger partial charge is 0.356 e. The lowest BCUT2D eigenvalue weighted by Crippen LogP contribution is -2.67. The molecular formula is C27H37N5O2. The minimum absolute atomic E-state index is 0.0106. The van der Waals surface area contributed by atoms with Gasteiger partial charge in [0.1, 0.15) is 5.84 Å². The van der Waals surface area contributed by atoms with E-state index in [2.05, 4.69) is 39.0 Å². The summed E-state index contributed by atoms with van der Waals surface area (Å²) in [5.74, 6) is 1.24. The van der Waals surface area contributed by atoms with Gasteiger partial charge in [0.05, 0.1) is 5.92 Å². The predicted molar refractivity (Wildman–Crippen MR) is 132 cm³/mol. The molecular weight excluding hydrogens is 426 g/mol. The van der Waals surface area contributed by atoms with Crippen molar-refractivity contribution in [1.29, 1.82) is 0 Å². The standard InChI is InChI=1S/C27H37N5O2/c33-25(28-18-17-20-9-3-1-4-10-20)16-15-24-29-30-27-31(19-21-11-5-2-6-12-21)26(34)22-13-7-8-14-23(22)32(24)27/h2,5-6,9,11-12,22-23,27,30H,1,3-4,7-8,10,13-19H2,(H,28,33). The number of nitrogens with one attached hydrogen (secondary N) is 2. The molecule has 1 aromatic carbocycles. The molecule has 1 saturated heterocycles. The number of amides is 2. The molecule has 2 aliphatic heterocycles. The third-order valence-electron chi connectivity index (χ3n) is 7.78. The molecule has 7 heteroatoms. The molecule has 34 heavy (non-hydrogen) atoms. The maximum Gasteiger partial charge on any atom is 0.231 e. The summed E-state index contributed by atoms with van der Waals surface area (Å²) >= 11 is 0. The molecule has 3 unspecified atom stereocenters. The van der Waals surface area contributed by atoms with Crippen LogP contribution in [-0.2, 0) is 16.1 Å². The Morgan fingerprint density at radius 3 is 2.76 bits per heavy atom. The van der Waals surface area contributed by atoms with Crippen molar-refractivity contribution in [3.05, 3.63) is 47.5 Å². The van der Waals surface area contributed by atoms with Crippen LogP contribution < -0.4 is 10.7 Å². The van der Waals surface area contributed by atoms with E-state index in [9.17, 15) is 9.59 Å². The third kappa shape index (κ3) is 4.98. The number of hydrogen-bond acceptors (Lipinski definition) is 5. The van der Waals surface area contributed by atoms with Gasteiger partial charge in [0.15, 0.2) is 6.29 Å². The van der Waals surface area contributed by atoms with Crippen molar-refractivity contribution in [2.75, 3.05) is 6.54 Å². The lowest BCUT2D eigenvalue weighted by atomic mass is 9.80. The lowest BCUT2D eigenvalue weighted by molar-refractivity contribution is -0.156. The highest BCUT2D eigenvalue weighted by Gasteiger charge is 2.50. The number of carbonyl (C=O) groups is 2. The third-order valence-corrected chi connectivity index (χ3v) is 7.78. The van der Waals surface area contributed by atoms with Crippen LogP contribution in [0.25, 0.3) is 0 Å². The van der Waals surface area contributed by atoms with Crippen LogP contribution in [0.2, 0.25) is 0 Å². The molecule has 2 heterocycles. The van der Waals surface area contributed by atoms with Crippen LogP contribution in [0.4, 0.5) is 0 Å². The van der Waals surface area contributed by atoms with Crippen molar-refractivity contribution in [2.24, 2.45) is 11.0 Å². The first-order valence-corrected chi connectivity index (χ1v) is 13.1. The Hall–Kier alpha value is -2.83. The van der Waals surface area contributed by atoms with Gasteiger partial charge in [0.2, 0.25) is 11.8 Å². The quantitative estimate of drug-likeness (QED) is 0.574. The molecule has 2 N–H and O–H groups in total. The van der Waals surface area contributed by atoms with E-state index in [0.29, 0.717) is 25.9 Å². The number of benzene rings is 1. The maximum atomic E-state index is 13.5. The summed E-state index contributed by atoms with van der Waals surface area (Å²) in [5.41, 5.74) is 5.84. The molecule has 0 bridgehead atoms. The van der Waals surface area contributed by atoms with Gasteiger partial charge in [-0.3, -0.25) is 19.9 Å². The molecule has 5 rings (SSSR count). The molecule has 182 valence electrons. The van der Waals surface area contributed by atoms with Gasteiger partial charge in [-0.1, -0.05) is 54.8 Å². The van der Waals surface area contributed by atoms with E-state index < -0.39 is 0 Å². The normalized spacial score (nSPS) is 26.2. The van der Waals surface area contributed by atoms with Gasteiger partial charge in [-0.2, -0.15) is 5.10 Å². The Labute approximate surface area is 202 Å². The Balaban J connectivity index is 1.20. The van der Waals surface area contributed by atoms with Gasteiger partial charge in [-0.05, 0) is 50.5 Å². The maximum absolute atomic E-state index is 13.5. The Kier molecular flexibility index (Phi) is 7.16. The summed E-state index contributed by atoms with van der Waals surface area (Å²) in [5, 5.41) is 7.73. The van der Waals surface area contributed by atoms with Crippen molar-refractivity contribution in [3.63, 3.8) is 0 Å². The van der Waals surface area contributed by atoms with Crippen molar-refractivity contribution >= 4 is 17.6 Å². The second kappa shape index (κ2) is 10.6. The van der Waals surface area contributed by atoms with Crippen LogP contribution in [0.3, 0.4) is 0 Å². The molecule has 2 fully saturated rings. The molecule has 2 amide bonds. The van der Waals surface area contributed by atoms with E-state index in [1.807, 2.05) is 23.1 Å². The van der Waals surface area contributed by atoms with E-state index in [1.54, 1.807) is 0 Å². The highest BCUT2D eigenvalue weighted by molar-refractivity contribution is 5.91. The number of carbonyl (C=O) groups excluding carboxylic acids is 2.